The molecule has 112 valence electrons. The summed E-state index contributed by atoms with van der Waals surface area (Å²) in [4.78, 5) is 0. The third-order valence-corrected chi connectivity index (χ3v) is 3.74. The molecule has 0 aliphatic carbocycles. The van der Waals surface area contributed by atoms with Crippen LogP contribution in [0.3, 0.4) is 0 Å². The van der Waals surface area contributed by atoms with Gasteiger partial charge in [0.15, 0.2) is 17.5 Å². The van der Waals surface area contributed by atoms with Crippen molar-refractivity contribution < 1.29 is 13.2 Å². The first kappa shape index (κ1) is 15.5. The Kier molecular flexibility index (Phi) is 4.34. The van der Waals surface area contributed by atoms with Gasteiger partial charge < -0.3 is 0 Å². The minimum absolute atomic E-state index is 0.0252. The van der Waals surface area contributed by atoms with Gasteiger partial charge >= 0.3 is 0 Å². The van der Waals surface area contributed by atoms with Crippen LogP contribution < -0.4 is 11.3 Å². The number of benzene rings is 2. The molecule has 1 atom stereocenters. The van der Waals surface area contributed by atoms with Gasteiger partial charge in [0, 0.05) is 5.56 Å². The van der Waals surface area contributed by atoms with Crippen LogP contribution in [0.1, 0.15) is 33.9 Å². The molecule has 0 saturated heterocycles. The number of nitrogens with one attached hydrogen (secondary N) is 1. The van der Waals surface area contributed by atoms with Gasteiger partial charge in [0.25, 0.3) is 0 Å². The van der Waals surface area contributed by atoms with E-state index in [0.717, 1.165) is 28.3 Å². The van der Waals surface area contributed by atoms with E-state index in [-0.39, 0.29) is 5.56 Å². The molecule has 2 aromatic rings. The largest absolute Gasteiger partial charge is 0.271 e. The Morgan fingerprint density at radius 1 is 0.857 bits per heavy atom. The van der Waals surface area contributed by atoms with Crippen molar-refractivity contribution in [3.8, 4) is 0 Å². The summed E-state index contributed by atoms with van der Waals surface area (Å²) in [6.45, 7) is 5.76. The fourth-order valence-electron chi connectivity index (χ4n) is 2.40. The molecule has 0 aliphatic heterocycles. The molecule has 0 amide bonds. The average molecular weight is 294 g/mol. The van der Waals surface area contributed by atoms with Gasteiger partial charge in [-0.05, 0) is 49.1 Å². The molecule has 0 heterocycles. The third-order valence-electron chi connectivity index (χ3n) is 3.74. The van der Waals surface area contributed by atoms with Gasteiger partial charge in [-0.15, -0.1) is 0 Å². The van der Waals surface area contributed by atoms with Crippen LogP contribution in [0.4, 0.5) is 13.2 Å². The van der Waals surface area contributed by atoms with E-state index >= 15 is 0 Å². The van der Waals surface area contributed by atoms with Crippen LogP contribution in [0.5, 0.6) is 0 Å². The lowest BCUT2D eigenvalue weighted by molar-refractivity contribution is 0.433. The van der Waals surface area contributed by atoms with Gasteiger partial charge in [-0.25, -0.2) is 18.6 Å². The maximum absolute atomic E-state index is 14.0. The maximum atomic E-state index is 14.0. The van der Waals surface area contributed by atoms with Crippen LogP contribution in [-0.4, -0.2) is 0 Å². The molecule has 0 radical (unpaired) electrons. The second kappa shape index (κ2) is 5.87. The smallest absolute Gasteiger partial charge is 0.194 e. The topological polar surface area (TPSA) is 38.0 Å². The Morgan fingerprint density at radius 3 is 2.10 bits per heavy atom. The molecule has 1 unspecified atom stereocenters. The molecule has 21 heavy (non-hydrogen) atoms. The Bertz CT molecular complexity index is 682. The summed E-state index contributed by atoms with van der Waals surface area (Å²) in [5.41, 5.74) is 6.18. The highest BCUT2D eigenvalue weighted by Crippen LogP contribution is 2.29. The molecule has 2 aromatic carbocycles. The summed E-state index contributed by atoms with van der Waals surface area (Å²) in [6.07, 6.45) is 0. The average Bonchev–Trinajstić information content (AvgIpc) is 2.44. The monoisotopic (exact) mass is 294 g/mol. The summed E-state index contributed by atoms with van der Waals surface area (Å²) < 4.78 is 40.5. The van der Waals surface area contributed by atoms with Crippen LogP contribution in [0.2, 0.25) is 0 Å². The number of rotatable bonds is 3. The summed E-state index contributed by atoms with van der Waals surface area (Å²) in [5, 5.41) is 0. The van der Waals surface area contributed by atoms with Gasteiger partial charge in [-0.3, -0.25) is 5.84 Å². The van der Waals surface area contributed by atoms with Crippen molar-refractivity contribution in [2.24, 2.45) is 5.84 Å². The molecule has 2 nitrogen and oxygen atoms in total. The molecule has 5 heteroatoms. The molecule has 3 N–H and O–H groups in total. The quantitative estimate of drug-likeness (QED) is 0.516. The van der Waals surface area contributed by atoms with E-state index in [9.17, 15) is 13.2 Å². The third kappa shape index (κ3) is 2.80. The van der Waals surface area contributed by atoms with Crippen molar-refractivity contribution in [3.05, 3.63) is 69.5 Å². The van der Waals surface area contributed by atoms with E-state index in [1.54, 1.807) is 0 Å². The van der Waals surface area contributed by atoms with Crippen LogP contribution in [-0.2, 0) is 0 Å². The van der Waals surface area contributed by atoms with Gasteiger partial charge in [0.1, 0.15) is 0 Å². The first-order valence-electron chi connectivity index (χ1n) is 6.54. The van der Waals surface area contributed by atoms with Crippen molar-refractivity contribution in [2.45, 2.75) is 26.8 Å². The van der Waals surface area contributed by atoms with E-state index < -0.39 is 23.5 Å². The number of halogens is 3. The minimum atomic E-state index is -1.49. The van der Waals surface area contributed by atoms with Crippen molar-refractivity contribution in [1.82, 2.24) is 5.43 Å². The van der Waals surface area contributed by atoms with E-state index in [4.69, 9.17) is 5.84 Å². The van der Waals surface area contributed by atoms with Gasteiger partial charge in [0.05, 0.1) is 6.04 Å². The highest BCUT2D eigenvalue weighted by Gasteiger charge is 2.23. The predicted molar refractivity (Wildman–Crippen MR) is 76.1 cm³/mol. The van der Waals surface area contributed by atoms with Crippen LogP contribution in [0.25, 0.3) is 0 Å². The Labute approximate surface area is 121 Å². The van der Waals surface area contributed by atoms with Crippen molar-refractivity contribution >= 4 is 0 Å². The molecule has 0 aliphatic rings. The molecular weight excluding hydrogens is 277 g/mol. The zero-order valence-electron chi connectivity index (χ0n) is 12.1. The predicted octanol–water partition coefficient (Wildman–Crippen LogP) is 3.58. The fraction of sp³-hybridized carbons (Fsp3) is 0.250. The standard InChI is InChI=1S/C16H17F3N2/c1-8-6-10(3)12(7-9(8)2)16(21-20)11-4-5-13(17)15(19)14(11)18/h4-7,16,21H,20H2,1-3H3. The summed E-state index contributed by atoms with van der Waals surface area (Å²) >= 11 is 0. The Morgan fingerprint density at radius 2 is 1.48 bits per heavy atom. The lowest BCUT2D eigenvalue weighted by Gasteiger charge is -2.21. The Balaban J connectivity index is 2.60. The minimum Gasteiger partial charge on any atom is -0.271 e. The lowest BCUT2D eigenvalue weighted by atomic mass is 9.91. The molecule has 0 aromatic heterocycles. The zero-order chi connectivity index (χ0) is 15.7. The summed E-state index contributed by atoms with van der Waals surface area (Å²) in [6, 6.07) is 5.17. The molecular formula is C16H17F3N2. The fourth-order valence-corrected chi connectivity index (χ4v) is 2.40. The number of hydrogen-bond acceptors (Lipinski definition) is 2. The molecule has 0 bridgehead atoms. The molecule has 2 rings (SSSR count). The highest BCUT2D eigenvalue weighted by molar-refractivity contribution is 5.42. The van der Waals surface area contributed by atoms with Gasteiger partial charge in [-0.2, -0.15) is 0 Å². The van der Waals surface area contributed by atoms with Crippen LogP contribution in [0, 0.1) is 38.2 Å². The summed E-state index contributed by atoms with van der Waals surface area (Å²) in [5.74, 6) is 1.58. The Hall–Kier alpha value is -1.85. The molecule has 0 spiro atoms. The highest BCUT2D eigenvalue weighted by atomic mass is 19.2. The van der Waals surface area contributed by atoms with Crippen LogP contribution in [0.15, 0.2) is 24.3 Å². The maximum Gasteiger partial charge on any atom is 0.194 e. The van der Waals surface area contributed by atoms with Crippen molar-refractivity contribution in [1.29, 1.82) is 0 Å². The number of aryl methyl sites for hydroxylation is 3. The molecule has 0 fully saturated rings. The number of hydrogen-bond donors (Lipinski definition) is 2. The van der Waals surface area contributed by atoms with E-state index in [0.29, 0.717) is 0 Å². The normalized spacial score (nSPS) is 12.5. The van der Waals surface area contributed by atoms with Gasteiger partial charge in [-0.1, -0.05) is 18.2 Å². The van der Waals surface area contributed by atoms with E-state index in [2.05, 4.69) is 5.43 Å². The number of hydrazine groups is 1. The van der Waals surface area contributed by atoms with Crippen LogP contribution >= 0.6 is 0 Å². The molecule has 0 saturated carbocycles. The first-order chi connectivity index (χ1) is 9.86. The second-order valence-corrected chi connectivity index (χ2v) is 5.16. The summed E-state index contributed by atoms with van der Waals surface area (Å²) in [7, 11) is 0. The zero-order valence-corrected chi connectivity index (χ0v) is 12.1. The van der Waals surface area contributed by atoms with E-state index in [1.165, 1.54) is 6.07 Å². The second-order valence-electron chi connectivity index (χ2n) is 5.16. The van der Waals surface area contributed by atoms with Gasteiger partial charge in [0.2, 0.25) is 0 Å². The van der Waals surface area contributed by atoms with E-state index in [1.807, 2.05) is 32.9 Å². The lowest BCUT2D eigenvalue weighted by Crippen LogP contribution is -2.30. The van der Waals surface area contributed by atoms with Crippen molar-refractivity contribution in [3.63, 3.8) is 0 Å². The first-order valence-corrected chi connectivity index (χ1v) is 6.54. The SMILES string of the molecule is Cc1cc(C)c(C(NN)c2ccc(F)c(F)c2F)cc1C. The van der Waals surface area contributed by atoms with Crippen molar-refractivity contribution in [2.75, 3.05) is 0 Å². The number of nitrogens with two attached hydrogens (primary N) is 1.